The molecule has 0 fully saturated rings. The summed E-state index contributed by atoms with van der Waals surface area (Å²) in [5, 5.41) is 4.66. The van der Waals surface area contributed by atoms with Crippen molar-refractivity contribution in [1.29, 1.82) is 0 Å². The van der Waals surface area contributed by atoms with Gasteiger partial charge in [0.15, 0.2) is 0 Å². The molecule has 2 nitrogen and oxygen atoms in total. The molecule has 0 bridgehead atoms. The molecule has 2 rings (SSSR count). The summed E-state index contributed by atoms with van der Waals surface area (Å²) in [6, 6.07) is 6.15. The van der Waals surface area contributed by atoms with Crippen LogP contribution < -0.4 is 0 Å². The minimum absolute atomic E-state index is 0.258. The molecule has 0 amide bonds. The molecule has 0 aliphatic carbocycles. The van der Waals surface area contributed by atoms with E-state index >= 15 is 0 Å². The molecule has 0 aliphatic rings. The van der Waals surface area contributed by atoms with Gasteiger partial charge in [-0.05, 0) is 36.5 Å². The van der Waals surface area contributed by atoms with Crippen LogP contribution in [0.25, 0.3) is 11.3 Å². The van der Waals surface area contributed by atoms with E-state index in [9.17, 15) is 4.39 Å². The maximum absolute atomic E-state index is 12.7. The first-order valence-electron chi connectivity index (χ1n) is 4.09. The van der Waals surface area contributed by atoms with Gasteiger partial charge in [-0.25, -0.2) is 9.37 Å². The van der Waals surface area contributed by atoms with Crippen LogP contribution in [-0.4, -0.2) is 10.1 Å². The number of halogens is 1. The summed E-state index contributed by atoms with van der Waals surface area (Å²) in [6.45, 7) is 0. The average Bonchev–Trinajstić information content (AvgIpc) is 2.68. The normalized spacial score (nSPS) is 9.67. The molecule has 2 aromatic rings. The summed E-state index contributed by atoms with van der Waals surface area (Å²) in [7, 11) is 0. The van der Waals surface area contributed by atoms with Gasteiger partial charge in [-0.2, -0.15) is 4.99 Å². The third kappa shape index (κ3) is 2.33. The molecule has 0 spiro atoms. The van der Waals surface area contributed by atoms with E-state index in [4.69, 9.17) is 0 Å². The van der Waals surface area contributed by atoms with Crippen molar-refractivity contribution >= 4 is 33.8 Å². The number of thiocarbonyl (C=S) groups is 1. The van der Waals surface area contributed by atoms with Gasteiger partial charge in [-0.15, -0.1) is 11.3 Å². The fourth-order valence-electron chi connectivity index (χ4n) is 1.11. The average molecular weight is 236 g/mol. The van der Waals surface area contributed by atoms with Gasteiger partial charge in [-0.1, -0.05) is 0 Å². The van der Waals surface area contributed by atoms with Crippen molar-refractivity contribution < 1.29 is 4.39 Å². The second kappa shape index (κ2) is 4.40. The van der Waals surface area contributed by atoms with Crippen molar-refractivity contribution in [2.24, 2.45) is 4.99 Å². The second-order valence-corrected chi connectivity index (χ2v) is 3.74. The zero-order valence-corrected chi connectivity index (χ0v) is 9.11. The lowest BCUT2D eigenvalue weighted by Gasteiger charge is -1.94. The molecular formula is C10H5FN2S2. The topological polar surface area (TPSA) is 25.2 Å². The van der Waals surface area contributed by atoms with E-state index in [1.807, 2.05) is 5.38 Å². The standard InChI is InChI=1S/C10H5FN2S2/c11-8-3-1-7(2-4-8)9-5-15-10(13-9)12-6-14/h1-5H. The number of isothiocyanates is 1. The molecule has 15 heavy (non-hydrogen) atoms. The predicted molar refractivity (Wildman–Crippen MR) is 62.2 cm³/mol. The molecule has 0 saturated carbocycles. The Kier molecular flexibility index (Phi) is 2.97. The second-order valence-electron chi connectivity index (χ2n) is 2.73. The number of thiazole rings is 1. The van der Waals surface area contributed by atoms with Crippen LogP contribution in [0, 0.1) is 5.82 Å². The fourth-order valence-corrected chi connectivity index (χ4v) is 1.91. The van der Waals surface area contributed by atoms with Crippen LogP contribution in [0.1, 0.15) is 0 Å². The summed E-state index contributed by atoms with van der Waals surface area (Å²) in [5.74, 6) is -0.258. The Balaban J connectivity index is 2.37. The Hall–Kier alpha value is -1.42. The van der Waals surface area contributed by atoms with Gasteiger partial charge < -0.3 is 0 Å². The van der Waals surface area contributed by atoms with E-state index in [0.29, 0.717) is 5.13 Å². The van der Waals surface area contributed by atoms with Gasteiger partial charge in [-0.3, -0.25) is 0 Å². The smallest absolute Gasteiger partial charge is 0.218 e. The molecule has 0 saturated heterocycles. The number of nitrogens with zero attached hydrogens (tertiary/aromatic N) is 2. The SMILES string of the molecule is Fc1ccc(-c2csc(N=C=S)n2)cc1. The van der Waals surface area contributed by atoms with Crippen molar-refractivity contribution in [3.05, 3.63) is 35.5 Å². The van der Waals surface area contributed by atoms with E-state index in [1.54, 1.807) is 12.1 Å². The molecule has 0 radical (unpaired) electrons. The molecule has 0 unspecified atom stereocenters. The Bertz CT molecular complexity index is 512. The Morgan fingerprint density at radius 2 is 2.07 bits per heavy atom. The molecule has 74 valence electrons. The lowest BCUT2D eigenvalue weighted by atomic mass is 10.2. The van der Waals surface area contributed by atoms with Gasteiger partial charge in [0.25, 0.3) is 0 Å². The van der Waals surface area contributed by atoms with Crippen molar-refractivity contribution in [2.45, 2.75) is 0 Å². The van der Waals surface area contributed by atoms with Crippen LogP contribution in [0.2, 0.25) is 0 Å². The summed E-state index contributed by atoms with van der Waals surface area (Å²) in [5.41, 5.74) is 1.63. The zero-order chi connectivity index (χ0) is 10.7. The van der Waals surface area contributed by atoms with Crippen LogP contribution in [0.5, 0.6) is 0 Å². The van der Waals surface area contributed by atoms with Crippen LogP contribution >= 0.6 is 23.6 Å². The quantitative estimate of drug-likeness (QED) is 0.587. The third-order valence-electron chi connectivity index (χ3n) is 1.77. The van der Waals surface area contributed by atoms with Gasteiger partial charge in [0, 0.05) is 10.9 Å². The molecule has 5 heteroatoms. The Labute approximate surface area is 95.1 Å². The van der Waals surface area contributed by atoms with E-state index in [-0.39, 0.29) is 5.82 Å². The maximum atomic E-state index is 12.7. The van der Waals surface area contributed by atoms with Crippen LogP contribution in [0.4, 0.5) is 9.52 Å². The molecular weight excluding hydrogens is 231 g/mol. The van der Waals surface area contributed by atoms with Crippen molar-refractivity contribution in [3.63, 3.8) is 0 Å². The number of aliphatic imine (C=N–C) groups is 1. The van der Waals surface area contributed by atoms with Gasteiger partial charge in [0.05, 0.1) is 10.9 Å². The minimum Gasteiger partial charge on any atom is -0.218 e. The number of hydrogen-bond acceptors (Lipinski definition) is 4. The Morgan fingerprint density at radius 1 is 1.33 bits per heavy atom. The van der Waals surface area contributed by atoms with Gasteiger partial charge >= 0.3 is 0 Å². The van der Waals surface area contributed by atoms with Crippen LogP contribution in [0.3, 0.4) is 0 Å². The lowest BCUT2D eigenvalue weighted by molar-refractivity contribution is 0.628. The maximum Gasteiger partial charge on any atom is 0.218 e. The molecule has 1 aromatic carbocycles. The van der Waals surface area contributed by atoms with Crippen LogP contribution in [-0.2, 0) is 0 Å². The van der Waals surface area contributed by atoms with E-state index in [1.165, 1.54) is 23.5 Å². The summed E-state index contributed by atoms with van der Waals surface area (Å²) >= 11 is 5.85. The number of benzene rings is 1. The van der Waals surface area contributed by atoms with Crippen molar-refractivity contribution in [1.82, 2.24) is 4.98 Å². The monoisotopic (exact) mass is 236 g/mol. The Morgan fingerprint density at radius 3 is 2.73 bits per heavy atom. The number of aromatic nitrogens is 1. The first kappa shape index (κ1) is 10.1. The van der Waals surface area contributed by atoms with Crippen LogP contribution in [0.15, 0.2) is 34.6 Å². The summed E-state index contributed by atoms with van der Waals surface area (Å²) in [4.78, 5) is 7.97. The predicted octanol–water partition coefficient (Wildman–Crippen LogP) is 3.68. The van der Waals surface area contributed by atoms with Crippen molar-refractivity contribution in [2.75, 3.05) is 0 Å². The lowest BCUT2D eigenvalue weighted by Crippen LogP contribution is -1.77. The highest BCUT2D eigenvalue weighted by molar-refractivity contribution is 7.78. The first-order chi connectivity index (χ1) is 7.29. The highest BCUT2D eigenvalue weighted by Crippen LogP contribution is 2.26. The molecule has 0 atom stereocenters. The van der Waals surface area contributed by atoms with Gasteiger partial charge in [0.1, 0.15) is 5.82 Å². The van der Waals surface area contributed by atoms with E-state index in [0.717, 1.165) is 11.3 Å². The molecule has 0 aliphatic heterocycles. The molecule has 1 heterocycles. The summed E-state index contributed by atoms with van der Waals surface area (Å²) < 4.78 is 12.7. The van der Waals surface area contributed by atoms with Gasteiger partial charge in [0.2, 0.25) is 5.13 Å². The fraction of sp³-hybridized carbons (Fsp3) is 0. The summed E-state index contributed by atoms with van der Waals surface area (Å²) in [6.07, 6.45) is 0. The third-order valence-corrected chi connectivity index (χ3v) is 2.60. The largest absolute Gasteiger partial charge is 0.218 e. The van der Waals surface area contributed by atoms with E-state index in [2.05, 4.69) is 27.4 Å². The highest BCUT2D eigenvalue weighted by Gasteiger charge is 2.03. The number of rotatable bonds is 2. The first-order valence-corrected chi connectivity index (χ1v) is 5.38. The van der Waals surface area contributed by atoms with Crippen molar-refractivity contribution in [3.8, 4) is 11.3 Å². The molecule has 1 aromatic heterocycles. The van der Waals surface area contributed by atoms with E-state index < -0.39 is 0 Å². The highest BCUT2D eigenvalue weighted by atomic mass is 32.1. The minimum atomic E-state index is -0.258. The molecule has 0 N–H and O–H groups in total. The zero-order valence-electron chi connectivity index (χ0n) is 7.48. The number of hydrogen-bond donors (Lipinski definition) is 0.